The van der Waals surface area contributed by atoms with E-state index in [0.29, 0.717) is 18.1 Å². The zero-order valence-electron chi connectivity index (χ0n) is 8.55. The van der Waals surface area contributed by atoms with E-state index < -0.39 is 6.67 Å². The third-order valence-corrected chi connectivity index (χ3v) is 1.73. The first-order valence-corrected chi connectivity index (χ1v) is 4.70. The predicted octanol–water partition coefficient (Wildman–Crippen LogP) is 2.74. The molecule has 0 saturated carbocycles. The molecule has 3 heteroatoms. The van der Waals surface area contributed by atoms with Crippen molar-refractivity contribution in [3.63, 3.8) is 0 Å². The molecule has 1 aromatic rings. The molecule has 1 aromatic carbocycles. The number of aryl methyl sites for hydroxylation is 1. The minimum absolute atomic E-state index is 0.0729. The quantitative estimate of drug-likeness (QED) is 0.724. The lowest BCUT2D eigenvalue weighted by Gasteiger charge is -2.11. The molecule has 1 rings (SSSR count). The highest BCUT2D eigenvalue weighted by Crippen LogP contribution is 2.28. The van der Waals surface area contributed by atoms with Gasteiger partial charge in [0, 0.05) is 0 Å². The van der Waals surface area contributed by atoms with Crippen molar-refractivity contribution in [2.75, 3.05) is 19.9 Å². The summed E-state index contributed by atoms with van der Waals surface area (Å²) in [7, 11) is 0. The third kappa shape index (κ3) is 2.91. The average Bonchev–Trinajstić information content (AvgIpc) is 2.18. The molecule has 78 valence electrons. The molecule has 0 N–H and O–H groups in total. The summed E-state index contributed by atoms with van der Waals surface area (Å²) in [5, 5.41) is 0. The normalized spacial score (nSPS) is 9.93. The van der Waals surface area contributed by atoms with Gasteiger partial charge >= 0.3 is 0 Å². The van der Waals surface area contributed by atoms with Crippen LogP contribution in [0.3, 0.4) is 0 Å². The lowest BCUT2D eigenvalue weighted by Crippen LogP contribution is -2.02. The van der Waals surface area contributed by atoms with Crippen molar-refractivity contribution in [1.29, 1.82) is 0 Å². The van der Waals surface area contributed by atoms with Gasteiger partial charge in [0.2, 0.25) is 0 Å². The molecule has 0 unspecified atom stereocenters. The summed E-state index contributed by atoms with van der Waals surface area (Å²) >= 11 is 0. The molecule has 0 heterocycles. The van der Waals surface area contributed by atoms with Gasteiger partial charge < -0.3 is 9.47 Å². The van der Waals surface area contributed by atoms with E-state index in [1.165, 1.54) is 0 Å². The van der Waals surface area contributed by atoms with Crippen LogP contribution in [0.2, 0.25) is 0 Å². The van der Waals surface area contributed by atoms with E-state index in [1.807, 2.05) is 32.0 Å². The topological polar surface area (TPSA) is 18.5 Å². The highest BCUT2D eigenvalue weighted by molar-refractivity contribution is 5.42. The number of halogens is 1. The minimum Gasteiger partial charge on any atom is -0.490 e. The summed E-state index contributed by atoms with van der Waals surface area (Å²) in [4.78, 5) is 0. The Bertz CT molecular complexity index is 287. The number of benzene rings is 1. The van der Waals surface area contributed by atoms with E-state index in [1.54, 1.807) is 0 Å². The minimum atomic E-state index is -0.487. The Morgan fingerprint density at radius 1 is 1.21 bits per heavy atom. The van der Waals surface area contributed by atoms with Crippen LogP contribution in [0.15, 0.2) is 18.2 Å². The summed E-state index contributed by atoms with van der Waals surface area (Å²) in [6.45, 7) is 4.02. The smallest absolute Gasteiger partial charge is 0.161 e. The van der Waals surface area contributed by atoms with Crippen molar-refractivity contribution in [2.24, 2.45) is 0 Å². The number of hydrogen-bond acceptors (Lipinski definition) is 2. The van der Waals surface area contributed by atoms with Crippen molar-refractivity contribution < 1.29 is 13.9 Å². The Morgan fingerprint density at radius 2 is 2.00 bits per heavy atom. The maximum absolute atomic E-state index is 11.9. The summed E-state index contributed by atoms with van der Waals surface area (Å²) in [6.07, 6.45) is 0. The molecule has 0 fully saturated rings. The fraction of sp³-hybridized carbons (Fsp3) is 0.455. The fourth-order valence-electron chi connectivity index (χ4n) is 1.15. The Kier molecular flexibility index (Phi) is 4.23. The van der Waals surface area contributed by atoms with Crippen molar-refractivity contribution in [3.8, 4) is 11.5 Å². The third-order valence-electron chi connectivity index (χ3n) is 1.73. The first-order chi connectivity index (χ1) is 6.77. The number of hydrogen-bond donors (Lipinski definition) is 0. The summed E-state index contributed by atoms with van der Waals surface area (Å²) < 4.78 is 22.5. The summed E-state index contributed by atoms with van der Waals surface area (Å²) in [6, 6.07) is 5.63. The molecule has 0 atom stereocenters. The Labute approximate surface area is 83.6 Å². The predicted molar refractivity (Wildman–Crippen MR) is 53.8 cm³/mol. The zero-order valence-corrected chi connectivity index (χ0v) is 8.55. The van der Waals surface area contributed by atoms with Crippen LogP contribution in [0.5, 0.6) is 11.5 Å². The zero-order chi connectivity index (χ0) is 10.4. The highest BCUT2D eigenvalue weighted by atomic mass is 19.1. The monoisotopic (exact) mass is 198 g/mol. The molecule has 0 aromatic heterocycles. The maximum atomic E-state index is 11.9. The van der Waals surface area contributed by atoms with Gasteiger partial charge in [-0.3, -0.25) is 0 Å². The molecule has 0 aliphatic carbocycles. The molecule has 0 aliphatic heterocycles. The van der Waals surface area contributed by atoms with E-state index in [2.05, 4.69) is 0 Å². The average molecular weight is 198 g/mol. The molecule has 2 nitrogen and oxygen atoms in total. The second-order valence-corrected chi connectivity index (χ2v) is 2.92. The number of alkyl halides is 1. The Balaban J connectivity index is 2.79. The summed E-state index contributed by atoms with van der Waals surface area (Å²) in [5.41, 5.74) is 1.07. The van der Waals surface area contributed by atoms with Crippen molar-refractivity contribution >= 4 is 0 Å². The maximum Gasteiger partial charge on any atom is 0.161 e. The second kappa shape index (κ2) is 5.47. The molecule has 0 aliphatic rings. The SMILES string of the molecule is CCOc1ccc(C)cc1OCCF. The first-order valence-electron chi connectivity index (χ1n) is 4.70. The van der Waals surface area contributed by atoms with Gasteiger partial charge in [-0.25, -0.2) is 4.39 Å². The van der Waals surface area contributed by atoms with Crippen LogP contribution in [-0.4, -0.2) is 19.9 Å². The lowest BCUT2D eigenvalue weighted by molar-refractivity contribution is 0.251. The molecular weight excluding hydrogens is 183 g/mol. The van der Waals surface area contributed by atoms with Crippen LogP contribution < -0.4 is 9.47 Å². The van der Waals surface area contributed by atoms with Gasteiger partial charge in [0.1, 0.15) is 13.3 Å². The van der Waals surface area contributed by atoms with E-state index in [0.717, 1.165) is 5.56 Å². The van der Waals surface area contributed by atoms with Crippen LogP contribution in [0.4, 0.5) is 4.39 Å². The van der Waals surface area contributed by atoms with E-state index >= 15 is 0 Å². The van der Waals surface area contributed by atoms with Crippen LogP contribution in [-0.2, 0) is 0 Å². The Hall–Kier alpha value is -1.25. The molecule has 0 amide bonds. The molecule has 0 bridgehead atoms. The van der Waals surface area contributed by atoms with Crippen molar-refractivity contribution in [1.82, 2.24) is 0 Å². The molecule has 0 radical (unpaired) electrons. The van der Waals surface area contributed by atoms with Crippen LogP contribution in [0.1, 0.15) is 12.5 Å². The van der Waals surface area contributed by atoms with Gasteiger partial charge in [0.05, 0.1) is 6.61 Å². The molecule has 14 heavy (non-hydrogen) atoms. The van der Waals surface area contributed by atoms with Gasteiger partial charge in [0.25, 0.3) is 0 Å². The molecule has 0 spiro atoms. The first kappa shape index (κ1) is 10.8. The van der Waals surface area contributed by atoms with Gasteiger partial charge in [0.15, 0.2) is 11.5 Å². The van der Waals surface area contributed by atoms with Gasteiger partial charge in [-0.1, -0.05) is 6.07 Å². The van der Waals surface area contributed by atoms with Crippen LogP contribution in [0.25, 0.3) is 0 Å². The standard InChI is InChI=1S/C11H15FO2/c1-3-13-10-5-4-9(2)8-11(10)14-7-6-12/h4-5,8H,3,6-7H2,1-2H3. The Morgan fingerprint density at radius 3 is 2.64 bits per heavy atom. The largest absolute Gasteiger partial charge is 0.490 e. The number of rotatable bonds is 5. The van der Waals surface area contributed by atoms with Crippen molar-refractivity contribution in [2.45, 2.75) is 13.8 Å². The van der Waals surface area contributed by atoms with E-state index in [4.69, 9.17) is 9.47 Å². The lowest BCUT2D eigenvalue weighted by atomic mass is 10.2. The van der Waals surface area contributed by atoms with Crippen LogP contribution in [0, 0.1) is 6.92 Å². The van der Waals surface area contributed by atoms with Crippen LogP contribution >= 0.6 is 0 Å². The van der Waals surface area contributed by atoms with Crippen molar-refractivity contribution in [3.05, 3.63) is 23.8 Å². The number of ether oxygens (including phenoxy) is 2. The summed E-state index contributed by atoms with van der Waals surface area (Å²) in [5.74, 6) is 1.29. The van der Waals surface area contributed by atoms with Gasteiger partial charge in [-0.05, 0) is 31.5 Å². The fourth-order valence-corrected chi connectivity index (χ4v) is 1.15. The van der Waals surface area contributed by atoms with Gasteiger partial charge in [-0.15, -0.1) is 0 Å². The van der Waals surface area contributed by atoms with Gasteiger partial charge in [-0.2, -0.15) is 0 Å². The molecular formula is C11H15FO2. The second-order valence-electron chi connectivity index (χ2n) is 2.92. The molecule has 0 saturated heterocycles. The van der Waals surface area contributed by atoms with E-state index in [9.17, 15) is 4.39 Å². The van der Waals surface area contributed by atoms with E-state index in [-0.39, 0.29) is 6.61 Å². The highest BCUT2D eigenvalue weighted by Gasteiger charge is 2.04.